The number of nitrogens with zero attached hydrogens (tertiary/aromatic N) is 1. The fourth-order valence-corrected chi connectivity index (χ4v) is 3.65. The Bertz CT molecular complexity index is 906. The van der Waals surface area contributed by atoms with Crippen LogP contribution in [0, 0.1) is 0 Å². The van der Waals surface area contributed by atoms with Gasteiger partial charge in [0.1, 0.15) is 0 Å². The molecule has 0 unspecified atom stereocenters. The summed E-state index contributed by atoms with van der Waals surface area (Å²) in [4.78, 5) is 36.7. The predicted molar refractivity (Wildman–Crippen MR) is 98.2 cm³/mol. The van der Waals surface area contributed by atoms with Crippen LogP contribution in [0.1, 0.15) is 15.9 Å². The van der Waals surface area contributed by atoms with Crippen LogP contribution >= 0.6 is 35.0 Å². The van der Waals surface area contributed by atoms with E-state index >= 15 is 0 Å². The maximum absolute atomic E-state index is 12.6. The van der Waals surface area contributed by atoms with E-state index in [-0.39, 0.29) is 12.1 Å². The SMILES string of the molecule is O=C([O-])c1cccc(CN2C(=O)S[C@H](Nc3cc(Cl)ccc3Cl)C2=O)c1. The van der Waals surface area contributed by atoms with Crippen LogP contribution < -0.4 is 10.4 Å². The van der Waals surface area contributed by atoms with Crippen LogP contribution in [0.15, 0.2) is 42.5 Å². The van der Waals surface area contributed by atoms with Gasteiger partial charge in [-0.3, -0.25) is 14.5 Å². The monoisotopic (exact) mass is 409 g/mol. The summed E-state index contributed by atoms with van der Waals surface area (Å²) in [6.07, 6.45) is 0. The van der Waals surface area contributed by atoms with E-state index in [1.54, 1.807) is 24.3 Å². The van der Waals surface area contributed by atoms with E-state index in [0.29, 0.717) is 21.3 Å². The highest BCUT2D eigenvalue weighted by molar-refractivity contribution is 8.15. The lowest BCUT2D eigenvalue weighted by Gasteiger charge is -2.16. The predicted octanol–water partition coefficient (Wildman–Crippen LogP) is 2.99. The Morgan fingerprint density at radius 2 is 1.96 bits per heavy atom. The van der Waals surface area contributed by atoms with Crippen LogP contribution in [0.3, 0.4) is 0 Å². The van der Waals surface area contributed by atoms with E-state index in [4.69, 9.17) is 23.2 Å². The van der Waals surface area contributed by atoms with Crippen molar-refractivity contribution in [2.24, 2.45) is 0 Å². The molecule has 1 atom stereocenters. The smallest absolute Gasteiger partial charge is 0.291 e. The molecule has 2 aromatic rings. The number of hydrogen-bond donors (Lipinski definition) is 1. The maximum atomic E-state index is 12.6. The zero-order chi connectivity index (χ0) is 18.8. The van der Waals surface area contributed by atoms with Gasteiger partial charge in [0.25, 0.3) is 11.1 Å². The second-order valence-electron chi connectivity index (χ2n) is 5.44. The highest BCUT2D eigenvalue weighted by Crippen LogP contribution is 2.33. The van der Waals surface area contributed by atoms with Gasteiger partial charge in [0, 0.05) is 5.02 Å². The van der Waals surface area contributed by atoms with E-state index in [2.05, 4.69) is 5.32 Å². The third-order valence-corrected chi connectivity index (χ3v) is 5.19. The summed E-state index contributed by atoms with van der Waals surface area (Å²) in [5.74, 6) is -1.77. The minimum absolute atomic E-state index is 0.0189. The van der Waals surface area contributed by atoms with Gasteiger partial charge in [-0.15, -0.1) is 0 Å². The Kier molecular flexibility index (Phi) is 5.41. The molecule has 1 N–H and O–H groups in total. The van der Waals surface area contributed by atoms with Crippen molar-refractivity contribution in [1.82, 2.24) is 4.90 Å². The van der Waals surface area contributed by atoms with Crippen molar-refractivity contribution in [2.75, 3.05) is 5.32 Å². The molecule has 1 fully saturated rings. The molecule has 0 aromatic heterocycles. The molecule has 0 aliphatic carbocycles. The number of carboxylic acids is 1. The van der Waals surface area contributed by atoms with Crippen molar-refractivity contribution in [3.8, 4) is 0 Å². The number of thioether (sulfide) groups is 1. The Hall–Kier alpha value is -2.22. The molecule has 2 aromatic carbocycles. The minimum Gasteiger partial charge on any atom is -0.545 e. The number of halogens is 2. The third-order valence-electron chi connectivity index (χ3n) is 3.65. The van der Waals surface area contributed by atoms with Crippen LogP contribution in [0.2, 0.25) is 10.0 Å². The number of hydrogen-bond acceptors (Lipinski definition) is 6. The molecule has 0 spiro atoms. The number of amides is 2. The normalized spacial score (nSPS) is 16.8. The number of carbonyl (C=O) groups excluding carboxylic acids is 3. The summed E-state index contributed by atoms with van der Waals surface area (Å²) in [5.41, 5.74) is 0.934. The van der Waals surface area contributed by atoms with E-state index in [1.165, 1.54) is 18.2 Å². The van der Waals surface area contributed by atoms with Gasteiger partial charge in [-0.05, 0) is 47.2 Å². The zero-order valence-electron chi connectivity index (χ0n) is 13.1. The van der Waals surface area contributed by atoms with Crippen LogP contribution in [0.5, 0.6) is 0 Å². The number of aromatic carboxylic acids is 1. The molecule has 2 amide bonds. The van der Waals surface area contributed by atoms with E-state index < -0.39 is 22.5 Å². The molecular weight excluding hydrogens is 399 g/mol. The highest BCUT2D eigenvalue weighted by Gasteiger charge is 2.39. The van der Waals surface area contributed by atoms with Crippen molar-refractivity contribution in [3.05, 3.63) is 63.6 Å². The first-order valence-electron chi connectivity index (χ1n) is 7.39. The average Bonchev–Trinajstić information content (AvgIpc) is 2.86. The first-order valence-corrected chi connectivity index (χ1v) is 9.02. The second-order valence-corrected chi connectivity index (χ2v) is 7.34. The number of carbonyl (C=O) groups is 3. The number of benzene rings is 2. The Labute approximate surface area is 163 Å². The standard InChI is InChI=1S/C17H12Cl2N2O4S/c18-11-4-5-12(19)13(7-11)20-14-15(22)21(17(25)26-14)8-9-2-1-3-10(6-9)16(23)24/h1-7,14,20H,8H2,(H,23,24)/p-1/t14-/m0/s1. The lowest BCUT2D eigenvalue weighted by molar-refractivity contribution is -0.255. The second kappa shape index (κ2) is 7.57. The lowest BCUT2D eigenvalue weighted by Crippen LogP contribution is -2.34. The largest absolute Gasteiger partial charge is 0.545 e. The molecule has 1 aliphatic rings. The third kappa shape index (κ3) is 3.95. The number of nitrogens with one attached hydrogen (secondary N) is 1. The van der Waals surface area contributed by atoms with Crippen LogP contribution in [0.4, 0.5) is 10.5 Å². The fourth-order valence-electron chi connectivity index (χ4n) is 2.41. The summed E-state index contributed by atoms with van der Waals surface area (Å²) in [6.45, 7) is -0.0345. The maximum Gasteiger partial charge on any atom is 0.291 e. The molecule has 0 bridgehead atoms. The van der Waals surface area contributed by atoms with Crippen molar-refractivity contribution in [2.45, 2.75) is 11.9 Å². The Balaban J connectivity index is 1.76. The molecule has 1 heterocycles. The number of rotatable bonds is 5. The number of imide groups is 1. The van der Waals surface area contributed by atoms with Gasteiger partial charge < -0.3 is 15.2 Å². The Morgan fingerprint density at radius 1 is 1.19 bits per heavy atom. The van der Waals surface area contributed by atoms with Crippen molar-refractivity contribution in [1.29, 1.82) is 0 Å². The van der Waals surface area contributed by atoms with Crippen molar-refractivity contribution in [3.63, 3.8) is 0 Å². The van der Waals surface area contributed by atoms with Crippen LogP contribution in [-0.2, 0) is 11.3 Å². The summed E-state index contributed by atoms with van der Waals surface area (Å²) >= 11 is 12.8. The molecule has 6 nitrogen and oxygen atoms in total. The molecule has 26 heavy (non-hydrogen) atoms. The summed E-state index contributed by atoms with van der Waals surface area (Å²) in [7, 11) is 0. The van der Waals surface area contributed by atoms with E-state index in [1.807, 2.05) is 0 Å². The molecular formula is C17H11Cl2N2O4S-. The summed E-state index contributed by atoms with van der Waals surface area (Å²) < 4.78 is 0. The zero-order valence-corrected chi connectivity index (χ0v) is 15.4. The lowest BCUT2D eigenvalue weighted by atomic mass is 10.1. The summed E-state index contributed by atoms with van der Waals surface area (Å²) in [6, 6.07) is 10.7. The topological polar surface area (TPSA) is 89.5 Å². The summed E-state index contributed by atoms with van der Waals surface area (Å²) in [5, 5.41) is 13.4. The molecule has 3 rings (SSSR count). The number of anilines is 1. The highest BCUT2D eigenvalue weighted by atomic mass is 35.5. The fraction of sp³-hybridized carbons (Fsp3) is 0.118. The molecule has 0 saturated carbocycles. The van der Waals surface area contributed by atoms with Gasteiger partial charge >= 0.3 is 0 Å². The van der Waals surface area contributed by atoms with E-state index in [9.17, 15) is 19.5 Å². The molecule has 1 aliphatic heterocycles. The average molecular weight is 410 g/mol. The van der Waals surface area contributed by atoms with Crippen molar-refractivity contribution < 1.29 is 19.5 Å². The van der Waals surface area contributed by atoms with Crippen LogP contribution in [0.25, 0.3) is 0 Å². The van der Waals surface area contributed by atoms with E-state index in [0.717, 1.165) is 16.7 Å². The minimum atomic E-state index is -1.32. The van der Waals surface area contributed by atoms with Crippen molar-refractivity contribution >= 4 is 57.8 Å². The first-order chi connectivity index (χ1) is 12.3. The molecule has 9 heteroatoms. The van der Waals surface area contributed by atoms with Gasteiger partial charge in [0.2, 0.25) is 0 Å². The quantitative estimate of drug-likeness (QED) is 0.815. The molecule has 0 radical (unpaired) electrons. The van der Waals surface area contributed by atoms with Gasteiger partial charge in [-0.25, -0.2) is 0 Å². The van der Waals surface area contributed by atoms with Gasteiger partial charge in [0.05, 0.1) is 23.2 Å². The molecule has 1 saturated heterocycles. The van der Waals surface area contributed by atoms with Gasteiger partial charge in [0.15, 0.2) is 5.37 Å². The number of carboxylic acid groups (broad SMARTS) is 1. The van der Waals surface area contributed by atoms with Gasteiger partial charge in [-0.1, -0.05) is 41.4 Å². The van der Waals surface area contributed by atoms with Gasteiger partial charge in [-0.2, -0.15) is 0 Å². The molecule has 134 valence electrons. The first kappa shape index (κ1) is 18.6. The Morgan fingerprint density at radius 3 is 2.69 bits per heavy atom. The van der Waals surface area contributed by atoms with Crippen LogP contribution in [-0.4, -0.2) is 27.4 Å².